The van der Waals surface area contributed by atoms with E-state index in [-0.39, 0.29) is 40.6 Å². The summed E-state index contributed by atoms with van der Waals surface area (Å²) >= 11 is 0. The lowest BCUT2D eigenvalue weighted by Gasteiger charge is -2.47. The predicted octanol–water partition coefficient (Wildman–Crippen LogP) is 8.30. The van der Waals surface area contributed by atoms with Gasteiger partial charge >= 0.3 is 11.9 Å². The van der Waals surface area contributed by atoms with Gasteiger partial charge in [-0.3, -0.25) is 14.4 Å². The summed E-state index contributed by atoms with van der Waals surface area (Å²) in [5.74, 6) is 1.30. The van der Waals surface area contributed by atoms with Crippen molar-refractivity contribution >= 4 is 18.4 Å². The molecule has 232 valence electrons. The molecule has 5 rings (SSSR count). The van der Waals surface area contributed by atoms with Gasteiger partial charge in [0.15, 0.2) is 0 Å². The monoisotopic (exact) mass is 564 g/mol. The number of carbonyl (C=O) groups excluding carboxylic acids is 3. The summed E-state index contributed by atoms with van der Waals surface area (Å²) in [4.78, 5) is 34.3. The van der Waals surface area contributed by atoms with E-state index in [0.717, 1.165) is 38.5 Å². The van der Waals surface area contributed by atoms with Gasteiger partial charge in [-0.1, -0.05) is 81.6 Å². The molecule has 1 aliphatic heterocycles. The van der Waals surface area contributed by atoms with Crippen molar-refractivity contribution in [3.8, 4) is 12.8 Å². The van der Waals surface area contributed by atoms with Crippen molar-refractivity contribution in [2.24, 2.45) is 28.6 Å². The van der Waals surface area contributed by atoms with Crippen LogP contribution in [0.15, 0.2) is 0 Å². The molecule has 5 fully saturated rings. The molecule has 1 saturated heterocycles. The Morgan fingerprint density at radius 3 is 2.05 bits per heavy atom. The van der Waals surface area contributed by atoms with Crippen molar-refractivity contribution in [2.75, 3.05) is 0 Å². The summed E-state index contributed by atoms with van der Waals surface area (Å²) in [7, 11) is 0. The van der Waals surface area contributed by atoms with E-state index in [1.807, 2.05) is 48.5 Å². The summed E-state index contributed by atoms with van der Waals surface area (Å²) in [6.07, 6.45) is 19.0. The fraction of sp³-hybridized carbons (Fsp3) is 0.853. The van der Waals surface area contributed by atoms with Crippen molar-refractivity contribution in [1.82, 2.24) is 0 Å². The first-order chi connectivity index (χ1) is 19.3. The van der Waals surface area contributed by atoms with Crippen molar-refractivity contribution in [1.29, 1.82) is 0 Å². The number of hydrogen-bond donors (Lipinski definition) is 0. The second kappa shape index (κ2) is 17.7. The zero-order chi connectivity index (χ0) is 31.1. The summed E-state index contributed by atoms with van der Waals surface area (Å²) in [5.41, 5.74) is -0.342. The lowest BCUT2D eigenvalue weighted by Crippen LogP contribution is -2.59. The molecular weight excluding hydrogens is 504 g/mol. The zero-order valence-corrected chi connectivity index (χ0v) is 27.3. The lowest BCUT2D eigenvalue weighted by molar-refractivity contribution is -0.198. The third-order valence-corrected chi connectivity index (χ3v) is 9.57. The van der Waals surface area contributed by atoms with Gasteiger partial charge in [-0.05, 0) is 63.7 Å². The first kappa shape index (κ1) is 38.0. The fourth-order valence-electron chi connectivity index (χ4n) is 7.73. The number of hydrogen-bond acceptors (Lipinski definition) is 6. The molecule has 6 heteroatoms. The average molecular weight is 565 g/mol. The van der Waals surface area contributed by atoms with Crippen LogP contribution in [0.3, 0.4) is 0 Å². The van der Waals surface area contributed by atoms with Gasteiger partial charge in [-0.15, -0.1) is 12.8 Å². The second-order valence-corrected chi connectivity index (χ2v) is 11.0. The van der Waals surface area contributed by atoms with Crippen molar-refractivity contribution < 1.29 is 28.6 Å². The molecule has 1 spiro atoms. The highest BCUT2D eigenvalue weighted by molar-refractivity contribution is 5.82. The smallest absolute Gasteiger partial charge is 0.312 e. The highest BCUT2D eigenvalue weighted by Crippen LogP contribution is 2.84. The van der Waals surface area contributed by atoms with E-state index in [1.165, 1.54) is 25.7 Å². The van der Waals surface area contributed by atoms with E-state index in [9.17, 15) is 14.4 Å². The van der Waals surface area contributed by atoms with E-state index in [0.29, 0.717) is 30.6 Å². The van der Waals surface area contributed by atoms with Crippen LogP contribution in [0.25, 0.3) is 0 Å². The molecule has 0 radical (unpaired) electrons. The van der Waals surface area contributed by atoms with Crippen molar-refractivity contribution in [3.63, 3.8) is 0 Å². The Hall–Kier alpha value is -2.03. The van der Waals surface area contributed by atoms with E-state index < -0.39 is 0 Å². The normalized spacial score (nSPS) is 31.4. The Bertz CT molecular complexity index is 781. The SMILES string of the molecule is C#C.CC.CC.CC.CCC(CC)(OC=O)C1CCCC1.CCCCC(=O)OC1C2OC(=O)C3(C)CC4CC41C23. The van der Waals surface area contributed by atoms with Crippen LogP contribution in [-0.4, -0.2) is 36.2 Å². The van der Waals surface area contributed by atoms with Crippen molar-refractivity contribution in [2.45, 2.75) is 158 Å². The maximum atomic E-state index is 12.0. The first-order valence-corrected chi connectivity index (χ1v) is 16.2. The van der Waals surface area contributed by atoms with E-state index in [2.05, 4.69) is 33.6 Å². The molecule has 1 heterocycles. The molecule has 0 amide bonds. The summed E-state index contributed by atoms with van der Waals surface area (Å²) < 4.78 is 16.5. The van der Waals surface area contributed by atoms with E-state index >= 15 is 0 Å². The van der Waals surface area contributed by atoms with Crippen LogP contribution in [0.5, 0.6) is 0 Å². The topological polar surface area (TPSA) is 78.9 Å². The van der Waals surface area contributed by atoms with Gasteiger partial charge < -0.3 is 14.2 Å². The fourth-order valence-corrected chi connectivity index (χ4v) is 7.73. The predicted molar refractivity (Wildman–Crippen MR) is 162 cm³/mol. The number of esters is 2. The maximum absolute atomic E-state index is 12.0. The molecule has 6 atom stereocenters. The number of ether oxygens (including phenoxy) is 3. The molecule has 0 aromatic heterocycles. The van der Waals surface area contributed by atoms with Gasteiger partial charge in [0.25, 0.3) is 6.47 Å². The largest absolute Gasteiger partial charge is 0.461 e. The van der Waals surface area contributed by atoms with Crippen molar-refractivity contribution in [3.05, 3.63) is 0 Å². The number of rotatable bonds is 9. The Labute approximate surface area is 246 Å². The maximum Gasteiger partial charge on any atom is 0.312 e. The molecule has 0 aromatic carbocycles. The molecule has 0 aromatic rings. The minimum absolute atomic E-state index is 0.0683. The van der Waals surface area contributed by atoms with E-state index in [4.69, 9.17) is 14.2 Å². The molecule has 5 aliphatic rings. The van der Waals surface area contributed by atoms with Crippen LogP contribution in [0, 0.1) is 41.4 Å². The van der Waals surface area contributed by atoms with E-state index in [1.54, 1.807) is 0 Å². The van der Waals surface area contributed by atoms with Gasteiger partial charge in [0.1, 0.15) is 17.8 Å². The first-order valence-electron chi connectivity index (χ1n) is 16.2. The minimum Gasteiger partial charge on any atom is -0.461 e. The summed E-state index contributed by atoms with van der Waals surface area (Å²) in [6.45, 7) is 21.0. The lowest BCUT2D eigenvalue weighted by atomic mass is 9.59. The highest BCUT2D eigenvalue weighted by Gasteiger charge is 2.89. The quantitative estimate of drug-likeness (QED) is 0.121. The van der Waals surface area contributed by atoms with Crippen LogP contribution in [0.2, 0.25) is 0 Å². The summed E-state index contributed by atoms with van der Waals surface area (Å²) in [5, 5.41) is 0. The van der Waals surface area contributed by atoms with Crippen LogP contribution >= 0.6 is 0 Å². The molecule has 4 saturated carbocycles. The standard InChI is InChI=1S/C15H20O4.C11H20O2.3C2H6.C2H2/c1-3-4-5-9(16)18-12-10-11-14(2,13(17)19-10)6-8-7-15(8,11)12;1-3-11(4-2,13-9-12)10-7-5-6-8-10;4*1-2/h8,10-12H,3-7H2,1-2H3;9-10H,3-8H2,1-2H3;3*1-2H3;1-2H. The summed E-state index contributed by atoms with van der Waals surface area (Å²) in [6, 6.07) is 0. The Morgan fingerprint density at radius 1 is 1.02 bits per heavy atom. The molecule has 6 unspecified atom stereocenters. The number of unbranched alkanes of at least 4 members (excludes halogenated alkanes) is 1. The molecule has 0 N–H and O–H groups in total. The molecule has 4 aliphatic carbocycles. The Morgan fingerprint density at radius 2 is 1.57 bits per heavy atom. The number of carbonyl (C=O) groups is 3. The third-order valence-electron chi connectivity index (χ3n) is 9.57. The molecule has 40 heavy (non-hydrogen) atoms. The van der Waals surface area contributed by atoms with Crippen LogP contribution in [-0.2, 0) is 28.6 Å². The van der Waals surface area contributed by atoms with Crippen LogP contribution in [0.1, 0.15) is 140 Å². The van der Waals surface area contributed by atoms with Crippen LogP contribution in [0.4, 0.5) is 0 Å². The Kier molecular flexibility index (Phi) is 16.8. The zero-order valence-electron chi connectivity index (χ0n) is 27.3. The number of terminal acetylenes is 1. The van der Waals surface area contributed by atoms with Gasteiger partial charge in [0.05, 0.1) is 5.41 Å². The highest BCUT2D eigenvalue weighted by atomic mass is 16.6. The van der Waals surface area contributed by atoms with Gasteiger partial charge in [-0.25, -0.2) is 0 Å². The molecule has 6 nitrogen and oxygen atoms in total. The van der Waals surface area contributed by atoms with Crippen LogP contribution < -0.4 is 0 Å². The third kappa shape index (κ3) is 7.05. The molecule has 0 bridgehead atoms. The van der Waals surface area contributed by atoms with Gasteiger partial charge in [0.2, 0.25) is 0 Å². The van der Waals surface area contributed by atoms with Gasteiger partial charge in [0, 0.05) is 17.8 Å². The molecular formula is C34H60O6. The van der Waals surface area contributed by atoms with Gasteiger partial charge in [-0.2, -0.15) is 0 Å². The Balaban J connectivity index is 0.000000637. The average Bonchev–Trinajstić information content (AvgIpc) is 3.29. The second-order valence-electron chi connectivity index (χ2n) is 11.0. The minimum atomic E-state index is -0.292.